The van der Waals surface area contributed by atoms with Crippen LogP contribution in [-0.2, 0) is 19.6 Å². The fourth-order valence-electron chi connectivity index (χ4n) is 1.96. The van der Waals surface area contributed by atoms with Crippen molar-refractivity contribution in [2.75, 3.05) is 0 Å². The van der Waals surface area contributed by atoms with E-state index in [4.69, 9.17) is 4.42 Å². The van der Waals surface area contributed by atoms with Gasteiger partial charge in [0.2, 0.25) is 0 Å². The summed E-state index contributed by atoms with van der Waals surface area (Å²) in [4.78, 5) is 0. The molecule has 2 heterocycles. The molecule has 0 saturated carbocycles. The van der Waals surface area contributed by atoms with Crippen LogP contribution in [0.5, 0.6) is 0 Å². The predicted molar refractivity (Wildman–Crippen MR) is 64.1 cm³/mol. The molecule has 0 unspecified atom stereocenters. The van der Waals surface area contributed by atoms with Crippen molar-refractivity contribution in [2.45, 2.75) is 33.5 Å². The standard InChI is InChI=1S/C13H18N2O/c1-3-15-11(2)6-7-12(15)9-14-10-13-5-4-8-16-13/h4-8,14H,3,9-10H2,1-2H3. The summed E-state index contributed by atoms with van der Waals surface area (Å²) in [5.74, 6) is 0.978. The van der Waals surface area contributed by atoms with Gasteiger partial charge in [-0.2, -0.15) is 0 Å². The van der Waals surface area contributed by atoms with Gasteiger partial charge in [-0.05, 0) is 38.1 Å². The Labute approximate surface area is 96.1 Å². The molecule has 3 heteroatoms. The van der Waals surface area contributed by atoms with Crippen LogP contribution in [0.3, 0.4) is 0 Å². The van der Waals surface area contributed by atoms with Crippen LogP contribution in [0.2, 0.25) is 0 Å². The van der Waals surface area contributed by atoms with Crippen LogP contribution >= 0.6 is 0 Å². The number of aryl methyl sites for hydroxylation is 1. The summed E-state index contributed by atoms with van der Waals surface area (Å²) < 4.78 is 7.58. The molecular formula is C13H18N2O. The van der Waals surface area contributed by atoms with Crippen LogP contribution < -0.4 is 5.32 Å². The first kappa shape index (κ1) is 11.0. The largest absolute Gasteiger partial charge is 0.468 e. The molecule has 0 fully saturated rings. The number of hydrogen-bond acceptors (Lipinski definition) is 2. The molecular weight excluding hydrogens is 200 g/mol. The Morgan fingerprint density at radius 3 is 2.81 bits per heavy atom. The van der Waals surface area contributed by atoms with Gasteiger partial charge in [0.15, 0.2) is 0 Å². The molecule has 0 aliphatic carbocycles. The molecule has 0 aromatic carbocycles. The highest BCUT2D eigenvalue weighted by atomic mass is 16.3. The second kappa shape index (κ2) is 5.03. The van der Waals surface area contributed by atoms with E-state index in [2.05, 4.69) is 35.9 Å². The quantitative estimate of drug-likeness (QED) is 0.836. The van der Waals surface area contributed by atoms with Crippen molar-refractivity contribution in [1.82, 2.24) is 9.88 Å². The Morgan fingerprint density at radius 2 is 2.12 bits per heavy atom. The van der Waals surface area contributed by atoms with Crippen LogP contribution in [0.15, 0.2) is 34.9 Å². The van der Waals surface area contributed by atoms with Gasteiger partial charge in [0.05, 0.1) is 12.8 Å². The number of nitrogens with zero attached hydrogens (tertiary/aromatic N) is 1. The Bertz CT molecular complexity index is 429. The van der Waals surface area contributed by atoms with Crippen molar-refractivity contribution < 1.29 is 4.42 Å². The van der Waals surface area contributed by atoms with Gasteiger partial charge in [-0.1, -0.05) is 0 Å². The van der Waals surface area contributed by atoms with E-state index in [1.807, 2.05) is 12.1 Å². The minimum Gasteiger partial charge on any atom is -0.468 e. The van der Waals surface area contributed by atoms with E-state index in [0.29, 0.717) is 0 Å². The second-order valence-corrected chi connectivity index (χ2v) is 3.89. The van der Waals surface area contributed by atoms with Crippen LogP contribution in [0, 0.1) is 6.92 Å². The average Bonchev–Trinajstić information content (AvgIpc) is 2.89. The maximum absolute atomic E-state index is 5.26. The first-order valence-corrected chi connectivity index (χ1v) is 5.69. The molecule has 0 amide bonds. The van der Waals surface area contributed by atoms with E-state index in [0.717, 1.165) is 25.4 Å². The van der Waals surface area contributed by atoms with Crippen LogP contribution in [0.25, 0.3) is 0 Å². The average molecular weight is 218 g/mol. The van der Waals surface area contributed by atoms with Gasteiger partial charge in [0.1, 0.15) is 5.76 Å². The smallest absolute Gasteiger partial charge is 0.117 e. The van der Waals surface area contributed by atoms with Crippen LogP contribution in [0.4, 0.5) is 0 Å². The molecule has 86 valence electrons. The van der Waals surface area contributed by atoms with Crippen LogP contribution in [-0.4, -0.2) is 4.57 Å². The summed E-state index contributed by atoms with van der Waals surface area (Å²) in [5.41, 5.74) is 2.64. The molecule has 3 nitrogen and oxygen atoms in total. The van der Waals surface area contributed by atoms with Crippen molar-refractivity contribution in [3.05, 3.63) is 47.7 Å². The Hall–Kier alpha value is -1.48. The van der Waals surface area contributed by atoms with E-state index in [1.54, 1.807) is 6.26 Å². The summed E-state index contributed by atoms with van der Waals surface area (Å²) in [6, 6.07) is 8.23. The van der Waals surface area contributed by atoms with Gasteiger partial charge < -0.3 is 14.3 Å². The zero-order valence-corrected chi connectivity index (χ0v) is 9.86. The number of rotatable bonds is 5. The Balaban J connectivity index is 1.89. The Morgan fingerprint density at radius 1 is 1.25 bits per heavy atom. The fourth-order valence-corrected chi connectivity index (χ4v) is 1.96. The Kier molecular flexibility index (Phi) is 3.47. The fraction of sp³-hybridized carbons (Fsp3) is 0.385. The monoisotopic (exact) mass is 218 g/mol. The van der Waals surface area contributed by atoms with Crippen molar-refractivity contribution in [1.29, 1.82) is 0 Å². The predicted octanol–water partition coefficient (Wildman–Crippen LogP) is 2.70. The second-order valence-electron chi connectivity index (χ2n) is 3.89. The molecule has 0 atom stereocenters. The van der Waals surface area contributed by atoms with Crippen molar-refractivity contribution in [3.63, 3.8) is 0 Å². The highest BCUT2D eigenvalue weighted by molar-refractivity contribution is 5.15. The van der Waals surface area contributed by atoms with Crippen molar-refractivity contribution in [3.8, 4) is 0 Å². The molecule has 0 radical (unpaired) electrons. The molecule has 2 aromatic rings. The molecule has 0 aliphatic rings. The van der Waals surface area contributed by atoms with E-state index in [9.17, 15) is 0 Å². The third kappa shape index (κ3) is 2.36. The number of aromatic nitrogens is 1. The summed E-state index contributed by atoms with van der Waals surface area (Å²) in [7, 11) is 0. The summed E-state index contributed by atoms with van der Waals surface area (Å²) >= 11 is 0. The number of hydrogen-bond donors (Lipinski definition) is 1. The maximum atomic E-state index is 5.26. The van der Waals surface area contributed by atoms with Gasteiger partial charge in [-0.3, -0.25) is 0 Å². The lowest BCUT2D eigenvalue weighted by Gasteiger charge is -2.09. The first-order chi connectivity index (χ1) is 7.81. The zero-order valence-electron chi connectivity index (χ0n) is 9.86. The molecule has 1 N–H and O–H groups in total. The van der Waals surface area contributed by atoms with Gasteiger partial charge in [-0.25, -0.2) is 0 Å². The van der Waals surface area contributed by atoms with Gasteiger partial charge in [0.25, 0.3) is 0 Å². The molecule has 16 heavy (non-hydrogen) atoms. The summed E-state index contributed by atoms with van der Waals surface area (Å²) in [6.45, 7) is 6.99. The topological polar surface area (TPSA) is 30.1 Å². The lowest BCUT2D eigenvalue weighted by atomic mass is 10.4. The molecule has 0 bridgehead atoms. The minimum absolute atomic E-state index is 0.779. The third-order valence-electron chi connectivity index (χ3n) is 2.79. The maximum Gasteiger partial charge on any atom is 0.117 e. The summed E-state index contributed by atoms with van der Waals surface area (Å²) in [5, 5.41) is 3.38. The lowest BCUT2D eigenvalue weighted by molar-refractivity contribution is 0.479. The normalized spacial score (nSPS) is 10.9. The number of nitrogens with one attached hydrogen (secondary N) is 1. The van der Waals surface area contributed by atoms with E-state index in [1.165, 1.54) is 11.4 Å². The van der Waals surface area contributed by atoms with E-state index >= 15 is 0 Å². The lowest BCUT2D eigenvalue weighted by Crippen LogP contribution is -2.15. The number of furan rings is 1. The molecule has 0 spiro atoms. The summed E-state index contributed by atoms with van der Waals surface area (Å²) in [6.07, 6.45) is 1.70. The SMILES string of the molecule is CCn1c(C)ccc1CNCc1ccco1. The molecule has 0 aliphatic heterocycles. The third-order valence-corrected chi connectivity index (χ3v) is 2.79. The van der Waals surface area contributed by atoms with Crippen molar-refractivity contribution >= 4 is 0 Å². The van der Waals surface area contributed by atoms with E-state index < -0.39 is 0 Å². The van der Waals surface area contributed by atoms with Crippen LogP contribution in [0.1, 0.15) is 24.1 Å². The van der Waals surface area contributed by atoms with E-state index in [-0.39, 0.29) is 0 Å². The first-order valence-electron chi connectivity index (χ1n) is 5.69. The van der Waals surface area contributed by atoms with Gasteiger partial charge in [0, 0.05) is 24.5 Å². The van der Waals surface area contributed by atoms with Gasteiger partial charge in [-0.15, -0.1) is 0 Å². The van der Waals surface area contributed by atoms with Crippen molar-refractivity contribution in [2.24, 2.45) is 0 Å². The van der Waals surface area contributed by atoms with Gasteiger partial charge >= 0.3 is 0 Å². The minimum atomic E-state index is 0.779. The highest BCUT2D eigenvalue weighted by Gasteiger charge is 2.03. The highest BCUT2D eigenvalue weighted by Crippen LogP contribution is 2.08. The molecule has 2 rings (SSSR count). The molecule has 0 saturated heterocycles. The molecule has 2 aromatic heterocycles. The zero-order chi connectivity index (χ0) is 11.4.